The molecule has 0 aromatic heterocycles. The highest BCUT2D eigenvalue weighted by molar-refractivity contribution is 7.99. The number of aliphatic hydroxyl groups excluding tert-OH is 1. The first-order valence-electron chi connectivity index (χ1n) is 10.1. The predicted molar refractivity (Wildman–Crippen MR) is 104 cm³/mol. The molecule has 0 radical (unpaired) electrons. The molecular formula is C19H37N3OS. The Morgan fingerprint density at radius 2 is 1.67 bits per heavy atom. The van der Waals surface area contributed by atoms with E-state index in [1.807, 2.05) is 0 Å². The average Bonchev–Trinajstić information content (AvgIpc) is 2.63. The van der Waals surface area contributed by atoms with E-state index in [0.717, 1.165) is 18.5 Å². The average molecular weight is 356 g/mol. The van der Waals surface area contributed by atoms with E-state index in [1.165, 1.54) is 69.9 Å². The summed E-state index contributed by atoms with van der Waals surface area (Å²) in [5, 5.41) is 9.59. The molecule has 1 N–H and O–H groups in total. The van der Waals surface area contributed by atoms with E-state index < -0.39 is 0 Å². The molecule has 3 aliphatic heterocycles. The van der Waals surface area contributed by atoms with Gasteiger partial charge in [-0.3, -0.25) is 9.80 Å². The summed E-state index contributed by atoms with van der Waals surface area (Å²) in [6, 6.07) is 2.78. The molecule has 5 heteroatoms. The highest BCUT2D eigenvalue weighted by atomic mass is 32.2. The Morgan fingerprint density at radius 1 is 0.958 bits per heavy atom. The summed E-state index contributed by atoms with van der Waals surface area (Å²) >= 11 is 2.12. The van der Waals surface area contributed by atoms with Crippen LogP contribution >= 0.6 is 11.8 Å². The first-order chi connectivity index (χ1) is 11.7. The van der Waals surface area contributed by atoms with Crippen molar-refractivity contribution in [3.05, 3.63) is 0 Å². The fraction of sp³-hybridized carbons (Fsp3) is 1.00. The lowest BCUT2D eigenvalue weighted by Gasteiger charge is -2.50. The van der Waals surface area contributed by atoms with Crippen molar-refractivity contribution in [3.63, 3.8) is 0 Å². The van der Waals surface area contributed by atoms with Crippen LogP contribution in [0.15, 0.2) is 0 Å². The maximum atomic E-state index is 9.59. The van der Waals surface area contributed by atoms with Crippen LogP contribution in [0.4, 0.5) is 0 Å². The molecule has 1 atom stereocenters. The van der Waals surface area contributed by atoms with Crippen molar-refractivity contribution in [1.82, 2.24) is 14.7 Å². The quantitative estimate of drug-likeness (QED) is 0.816. The topological polar surface area (TPSA) is 30.0 Å². The molecule has 0 unspecified atom stereocenters. The lowest BCUT2D eigenvalue weighted by molar-refractivity contribution is -0.0118. The van der Waals surface area contributed by atoms with Gasteiger partial charge in [0.1, 0.15) is 0 Å². The van der Waals surface area contributed by atoms with E-state index >= 15 is 0 Å². The van der Waals surface area contributed by atoms with E-state index in [9.17, 15) is 5.11 Å². The number of aliphatic hydroxyl groups is 1. The predicted octanol–water partition coefficient (Wildman–Crippen LogP) is 2.12. The molecule has 0 aromatic rings. The fourth-order valence-corrected chi connectivity index (χ4v) is 5.98. The minimum absolute atomic E-state index is 0.334. The second-order valence-electron chi connectivity index (χ2n) is 8.10. The monoisotopic (exact) mass is 355 g/mol. The number of hydrogen-bond acceptors (Lipinski definition) is 5. The van der Waals surface area contributed by atoms with Gasteiger partial charge < -0.3 is 10.0 Å². The second kappa shape index (κ2) is 9.22. The van der Waals surface area contributed by atoms with Crippen molar-refractivity contribution in [3.8, 4) is 0 Å². The Morgan fingerprint density at radius 3 is 2.29 bits per heavy atom. The van der Waals surface area contributed by atoms with Crippen LogP contribution in [0.5, 0.6) is 0 Å². The van der Waals surface area contributed by atoms with Crippen molar-refractivity contribution < 1.29 is 5.11 Å². The largest absolute Gasteiger partial charge is 0.396 e. The molecule has 24 heavy (non-hydrogen) atoms. The maximum absolute atomic E-state index is 9.59. The summed E-state index contributed by atoms with van der Waals surface area (Å²) in [6.07, 6.45) is 6.29. The Bertz CT molecular complexity index is 368. The smallest absolute Gasteiger partial charge is 0.0446 e. The van der Waals surface area contributed by atoms with Gasteiger partial charge in [-0.15, -0.1) is 0 Å². The van der Waals surface area contributed by atoms with Crippen molar-refractivity contribution in [2.24, 2.45) is 0 Å². The number of likely N-dealkylation sites (tertiary alicyclic amines) is 1. The number of piperidine rings is 1. The summed E-state index contributed by atoms with van der Waals surface area (Å²) in [4.78, 5) is 8.13. The van der Waals surface area contributed by atoms with E-state index in [-0.39, 0.29) is 0 Å². The SMILES string of the molecule is CC(C)N1CCC(N2CCN(C3CCSCC3)C[C@@H]2CCO)CC1. The van der Waals surface area contributed by atoms with Gasteiger partial charge >= 0.3 is 0 Å². The lowest BCUT2D eigenvalue weighted by Crippen LogP contribution is -2.60. The zero-order valence-corrected chi connectivity index (χ0v) is 16.5. The van der Waals surface area contributed by atoms with Gasteiger partial charge in [-0.25, -0.2) is 0 Å². The molecule has 3 saturated heterocycles. The third kappa shape index (κ3) is 4.67. The summed E-state index contributed by atoms with van der Waals surface area (Å²) in [7, 11) is 0. The first kappa shape index (κ1) is 19.0. The van der Waals surface area contributed by atoms with Crippen LogP contribution in [-0.4, -0.2) is 94.8 Å². The van der Waals surface area contributed by atoms with Crippen molar-refractivity contribution in [2.45, 2.75) is 70.1 Å². The normalized spacial score (nSPS) is 30.2. The Balaban J connectivity index is 1.56. The number of hydrogen-bond donors (Lipinski definition) is 1. The van der Waals surface area contributed by atoms with Crippen LogP contribution in [0.2, 0.25) is 0 Å². The lowest BCUT2D eigenvalue weighted by atomic mass is 9.96. The van der Waals surface area contributed by atoms with Crippen LogP contribution in [-0.2, 0) is 0 Å². The van der Waals surface area contributed by atoms with Crippen LogP contribution < -0.4 is 0 Å². The number of thioether (sulfide) groups is 1. The standard InChI is InChI=1S/C19H37N3OS/c1-16(2)20-8-3-18(4-9-20)22-11-10-21(15-19(22)5-12-23)17-6-13-24-14-7-17/h16-19,23H,3-15H2,1-2H3/t19-/m0/s1. The van der Waals surface area contributed by atoms with Gasteiger partial charge in [-0.05, 0) is 70.5 Å². The highest BCUT2D eigenvalue weighted by Gasteiger charge is 2.35. The fourth-order valence-electron chi connectivity index (χ4n) is 4.90. The van der Waals surface area contributed by atoms with Crippen LogP contribution in [0, 0.1) is 0 Å². The second-order valence-corrected chi connectivity index (χ2v) is 9.33. The summed E-state index contributed by atoms with van der Waals surface area (Å²) in [5.41, 5.74) is 0. The molecule has 0 spiro atoms. The molecule has 3 heterocycles. The summed E-state index contributed by atoms with van der Waals surface area (Å²) < 4.78 is 0. The molecule has 0 aromatic carbocycles. The van der Waals surface area contributed by atoms with Crippen molar-refractivity contribution in [2.75, 3.05) is 50.8 Å². The van der Waals surface area contributed by atoms with Gasteiger partial charge in [-0.2, -0.15) is 11.8 Å². The highest BCUT2D eigenvalue weighted by Crippen LogP contribution is 2.28. The zero-order chi connectivity index (χ0) is 16.9. The van der Waals surface area contributed by atoms with Crippen LogP contribution in [0.25, 0.3) is 0 Å². The number of nitrogens with zero attached hydrogens (tertiary/aromatic N) is 3. The van der Waals surface area contributed by atoms with Gasteiger partial charge in [0.05, 0.1) is 0 Å². The molecule has 0 amide bonds. The molecule has 140 valence electrons. The van der Waals surface area contributed by atoms with Crippen molar-refractivity contribution in [1.29, 1.82) is 0 Å². The maximum Gasteiger partial charge on any atom is 0.0446 e. The van der Waals surface area contributed by atoms with Gasteiger partial charge in [0.15, 0.2) is 0 Å². The summed E-state index contributed by atoms with van der Waals surface area (Å²) in [6.45, 7) is 11.1. The molecule has 3 rings (SSSR count). The molecule has 0 bridgehead atoms. The van der Waals surface area contributed by atoms with E-state index in [0.29, 0.717) is 18.7 Å². The molecule has 3 aliphatic rings. The first-order valence-corrected chi connectivity index (χ1v) is 11.3. The summed E-state index contributed by atoms with van der Waals surface area (Å²) in [5.74, 6) is 2.67. The van der Waals surface area contributed by atoms with E-state index in [4.69, 9.17) is 0 Å². The van der Waals surface area contributed by atoms with Crippen LogP contribution in [0.1, 0.15) is 46.0 Å². The van der Waals surface area contributed by atoms with Gasteiger partial charge in [0.25, 0.3) is 0 Å². The molecule has 0 saturated carbocycles. The van der Waals surface area contributed by atoms with Crippen LogP contribution in [0.3, 0.4) is 0 Å². The zero-order valence-electron chi connectivity index (χ0n) is 15.7. The van der Waals surface area contributed by atoms with Gasteiger partial charge in [-0.1, -0.05) is 0 Å². The van der Waals surface area contributed by atoms with E-state index in [2.05, 4.69) is 40.3 Å². The minimum atomic E-state index is 0.334. The number of piperazine rings is 1. The van der Waals surface area contributed by atoms with Gasteiger partial charge in [0, 0.05) is 50.4 Å². The van der Waals surface area contributed by atoms with E-state index in [1.54, 1.807) is 0 Å². The molecule has 3 fully saturated rings. The number of rotatable bonds is 5. The Kier molecular flexibility index (Phi) is 7.29. The third-order valence-electron chi connectivity index (χ3n) is 6.43. The third-order valence-corrected chi connectivity index (χ3v) is 7.48. The van der Waals surface area contributed by atoms with Gasteiger partial charge in [0.2, 0.25) is 0 Å². The molecule has 0 aliphatic carbocycles. The minimum Gasteiger partial charge on any atom is -0.396 e. The van der Waals surface area contributed by atoms with Crippen molar-refractivity contribution >= 4 is 11.8 Å². The Labute approximate surface area is 152 Å². The molecular weight excluding hydrogens is 318 g/mol. The Hall–Kier alpha value is 0.190. The molecule has 4 nitrogen and oxygen atoms in total.